The monoisotopic (exact) mass is 556 g/mol. The maximum atomic E-state index is 6.95. The molecular weight excluding hydrogens is 526 g/mol. The molecule has 0 fully saturated rings. The number of pyridine rings is 1. The van der Waals surface area contributed by atoms with Crippen LogP contribution in [0.1, 0.15) is 5.56 Å². The summed E-state index contributed by atoms with van der Waals surface area (Å²) >= 11 is 0. The highest BCUT2D eigenvalue weighted by Crippen LogP contribution is 2.42. The Kier molecular flexibility index (Phi) is 5.76. The van der Waals surface area contributed by atoms with Crippen molar-refractivity contribution in [1.82, 2.24) is 9.55 Å². The molecule has 0 saturated carbocycles. The van der Waals surface area contributed by atoms with Crippen molar-refractivity contribution in [3.05, 3.63) is 133 Å². The van der Waals surface area contributed by atoms with Crippen molar-refractivity contribution in [3.63, 3.8) is 0 Å². The molecule has 4 heteroatoms. The quantitative estimate of drug-likeness (QED) is 0.203. The van der Waals surface area contributed by atoms with E-state index in [-0.39, 0.29) is 0 Å². The number of para-hydroxylation sites is 3. The molecule has 0 aliphatic heterocycles. The summed E-state index contributed by atoms with van der Waals surface area (Å²) in [5.74, 6) is 1.12. The molecule has 5 aromatic carbocycles. The van der Waals surface area contributed by atoms with E-state index in [2.05, 4.69) is 145 Å². The van der Waals surface area contributed by atoms with E-state index in [0.29, 0.717) is 0 Å². The van der Waals surface area contributed by atoms with Gasteiger partial charge in [0.2, 0.25) is 0 Å². The lowest BCUT2D eigenvalue weighted by molar-refractivity contribution is -0.634. The zero-order chi connectivity index (χ0) is 29.1. The summed E-state index contributed by atoms with van der Waals surface area (Å²) in [6, 6.07) is 44.5. The van der Waals surface area contributed by atoms with Crippen LogP contribution in [0.5, 0.6) is 0 Å². The van der Waals surface area contributed by atoms with E-state index < -0.39 is 0 Å². The fraction of sp³-hybridized carbons (Fsp3) is 0.0769. The minimum Gasteiger partial charge on any atom is -0.454 e. The summed E-state index contributed by atoms with van der Waals surface area (Å²) in [6.45, 7) is 2.17. The zero-order valence-corrected chi connectivity index (χ0v) is 24.4. The molecule has 206 valence electrons. The first-order chi connectivity index (χ1) is 21.1. The van der Waals surface area contributed by atoms with Crippen molar-refractivity contribution >= 4 is 33.0 Å². The van der Waals surface area contributed by atoms with Crippen LogP contribution in [0.4, 0.5) is 0 Å². The molecule has 8 aromatic rings. The van der Waals surface area contributed by atoms with Crippen LogP contribution in [0.25, 0.3) is 78.0 Å². The lowest BCUT2D eigenvalue weighted by Gasteiger charge is -2.10. The van der Waals surface area contributed by atoms with E-state index in [1.165, 1.54) is 16.6 Å². The Morgan fingerprint density at radius 2 is 1.26 bits per heavy atom. The van der Waals surface area contributed by atoms with Crippen molar-refractivity contribution < 1.29 is 8.98 Å². The summed E-state index contributed by atoms with van der Waals surface area (Å²) in [5.41, 5.74) is 12.6. The van der Waals surface area contributed by atoms with Crippen molar-refractivity contribution in [1.29, 1.82) is 0 Å². The van der Waals surface area contributed by atoms with Gasteiger partial charge in [0.25, 0.3) is 5.82 Å². The highest BCUT2D eigenvalue weighted by atomic mass is 16.3. The molecule has 8 rings (SSSR count). The van der Waals surface area contributed by atoms with Crippen LogP contribution in [0, 0.1) is 6.92 Å². The summed E-state index contributed by atoms with van der Waals surface area (Å²) in [5, 5.41) is 2.22. The molecule has 0 aliphatic rings. The average Bonchev–Trinajstić information content (AvgIpc) is 3.56. The van der Waals surface area contributed by atoms with E-state index in [1.807, 2.05) is 12.1 Å². The highest BCUT2D eigenvalue weighted by Gasteiger charge is 2.27. The van der Waals surface area contributed by atoms with E-state index in [4.69, 9.17) is 9.40 Å². The second-order valence-corrected chi connectivity index (χ2v) is 11.2. The van der Waals surface area contributed by atoms with Gasteiger partial charge in [-0.2, -0.15) is 0 Å². The number of aryl methyl sites for hydroxylation is 3. The SMILES string of the molecule is Cc1ccc2c(oc3c(-c4cc(-c5ccccc5)nc(-c5ccccc5)c4)cccc32)c1-c1n(C)c2ccccc2[n+]1C. The van der Waals surface area contributed by atoms with Crippen LogP contribution in [-0.4, -0.2) is 9.55 Å². The molecule has 3 aromatic heterocycles. The largest absolute Gasteiger partial charge is 0.454 e. The number of fused-ring (bicyclic) bond motifs is 4. The number of nitrogens with zero attached hydrogens (tertiary/aromatic N) is 3. The lowest BCUT2D eigenvalue weighted by Crippen LogP contribution is -2.30. The fourth-order valence-corrected chi connectivity index (χ4v) is 6.49. The second kappa shape index (κ2) is 9.81. The predicted molar refractivity (Wildman–Crippen MR) is 176 cm³/mol. The molecule has 0 spiro atoms. The molecule has 3 heterocycles. The third kappa shape index (κ3) is 3.98. The number of rotatable bonds is 4. The summed E-state index contributed by atoms with van der Waals surface area (Å²) in [4.78, 5) is 5.09. The van der Waals surface area contributed by atoms with Gasteiger partial charge in [0, 0.05) is 27.5 Å². The standard InChI is InChI=1S/C39H30N3O/c1-25-21-22-31-30-18-12-17-29(37(30)43-38(31)36(25)39-41(2)34-19-10-11-20-35(34)42(39)3)28-23-32(26-13-6-4-7-14-26)40-33(24-28)27-15-8-5-9-16-27/h4-24H,1-3H3/q+1. The van der Waals surface area contributed by atoms with E-state index >= 15 is 0 Å². The van der Waals surface area contributed by atoms with Crippen molar-refractivity contribution in [2.24, 2.45) is 14.1 Å². The van der Waals surface area contributed by atoms with Crippen LogP contribution in [0.15, 0.2) is 132 Å². The molecule has 43 heavy (non-hydrogen) atoms. The first-order valence-electron chi connectivity index (χ1n) is 14.6. The van der Waals surface area contributed by atoms with Crippen LogP contribution in [0.2, 0.25) is 0 Å². The number of aromatic nitrogens is 3. The highest BCUT2D eigenvalue weighted by molar-refractivity contribution is 6.13. The van der Waals surface area contributed by atoms with Gasteiger partial charge in [-0.05, 0) is 42.3 Å². The molecular formula is C39H30N3O+. The minimum absolute atomic E-state index is 0.884. The van der Waals surface area contributed by atoms with Crippen LogP contribution >= 0.6 is 0 Å². The normalized spacial score (nSPS) is 11.6. The average molecular weight is 557 g/mol. The van der Waals surface area contributed by atoms with Gasteiger partial charge in [0.15, 0.2) is 16.6 Å². The smallest absolute Gasteiger partial charge is 0.293 e. The van der Waals surface area contributed by atoms with Gasteiger partial charge < -0.3 is 4.42 Å². The lowest BCUT2D eigenvalue weighted by atomic mass is 9.98. The molecule has 0 unspecified atom stereocenters. The first-order valence-corrected chi connectivity index (χ1v) is 14.6. The van der Waals surface area contributed by atoms with Crippen molar-refractivity contribution in [2.75, 3.05) is 0 Å². The van der Waals surface area contributed by atoms with Crippen LogP contribution in [-0.2, 0) is 14.1 Å². The Bertz CT molecular complexity index is 2210. The van der Waals surface area contributed by atoms with E-state index in [0.717, 1.165) is 67.0 Å². The van der Waals surface area contributed by atoms with Crippen LogP contribution in [0.3, 0.4) is 0 Å². The molecule has 0 atom stereocenters. The fourth-order valence-electron chi connectivity index (χ4n) is 6.49. The second-order valence-electron chi connectivity index (χ2n) is 11.2. The molecule has 0 aliphatic carbocycles. The van der Waals surface area contributed by atoms with Gasteiger partial charge in [-0.3, -0.25) is 0 Å². The number of furan rings is 1. The molecule has 4 nitrogen and oxygen atoms in total. The molecule has 0 amide bonds. The molecule has 0 radical (unpaired) electrons. The van der Waals surface area contributed by atoms with Gasteiger partial charge in [-0.1, -0.05) is 103 Å². The van der Waals surface area contributed by atoms with Crippen molar-refractivity contribution in [3.8, 4) is 45.0 Å². The van der Waals surface area contributed by atoms with E-state index in [1.54, 1.807) is 0 Å². The third-order valence-corrected chi connectivity index (χ3v) is 8.61. The Hall–Kier alpha value is -5.48. The minimum atomic E-state index is 0.884. The summed E-state index contributed by atoms with van der Waals surface area (Å²) < 4.78 is 11.5. The molecule has 0 N–H and O–H groups in total. The molecule has 0 bridgehead atoms. The van der Waals surface area contributed by atoms with E-state index in [9.17, 15) is 0 Å². The zero-order valence-electron chi connectivity index (χ0n) is 24.4. The van der Waals surface area contributed by atoms with Crippen molar-refractivity contribution in [2.45, 2.75) is 6.92 Å². The predicted octanol–water partition coefficient (Wildman–Crippen LogP) is 9.27. The van der Waals surface area contributed by atoms with Gasteiger partial charge in [0.1, 0.15) is 11.1 Å². The topological polar surface area (TPSA) is 34.8 Å². The maximum absolute atomic E-state index is 6.95. The van der Waals surface area contributed by atoms with Gasteiger partial charge in [-0.25, -0.2) is 14.1 Å². The Labute approximate surface area is 250 Å². The van der Waals surface area contributed by atoms with Gasteiger partial charge >= 0.3 is 0 Å². The Morgan fingerprint density at radius 3 is 1.93 bits per heavy atom. The Morgan fingerprint density at radius 1 is 0.628 bits per heavy atom. The van der Waals surface area contributed by atoms with Gasteiger partial charge in [0.05, 0.1) is 25.5 Å². The number of benzene rings is 5. The van der Waals surface area contributed by atoms with Gasteiger partial charge in [-0.15, -0.1) is 0 Å². The maximum Gasteiger partial charge on any atom is 0.293 e. The Balaban J connectivity index is 1.40. The number of hydrogen-bond acceptors (Lipinski definition) is 2. The summed E-state index contributed by atoms with van der Waals surface area (Å²) in [6.07, 6.45) is 0. The number of hydrogen-bond donors (Lipinski definition) is 0. The van der Waals surface area contributed by atoms with Crippen LogP contribution < -0.4 is 4.57 Å². The third-order valence-electron chi connectivity index (χ3n) is 8.61. The number of imidazole rings is 1. The summed E-state index contributed by atoms with van der Waals surface area (Å²) in [7, 11) is 4.27. The molecule has 0 saturated heterocycles. The first kappa shape index (κ1) is 25.2.